The van der Waals surface area contributed by atoms with Crippen LogP contribution in [0.2, 0.25) is 0 Å². The Labute approximate surface area is 82.6 Å². The van der Waals surface area contributed by atoms with Crippen LogP contribution in [0.4, 0.5) is 0 Å². The minimum absolute atomic E-state index is 0. The molecule has 80 valence electrons. The Kier molecular flexibility index (Phi) is 6.52. The molecule has 6 nitrogen and oxygen atoms in total. The van der Waals surface area contributed by atoms with Crippen molar-refractivity contribution in [2.24, 2.45) is 0 Å². The van der Waals surface area contributed by atoms with Crippen LogP contribution >= 0.6 is 12.4 Å². The van der Waals surface area contributed by atoms with E-state index < -0.39 is 0 Å². The fourth-order valence-corrected chi connectivity index (χ4v) is 1.64. The van der Waals surface area contributed by atoms with E-state index >= 15 is 0 Å². The molecule has 0 bridgehead atoms. The van der Waals surface area contributed by atoms with Crippen molar-refractivity contribution < 1.29 is 15.6 Å². The summed E-state index contributed by atoms with van der Waals surface area (Å²) in [6.45, 7) is 0. The third-order valence-electron chi connectivity index (χ3n) is 2.25. The Hall–Kier alpha value is 0.0500. The van der Waals surface area contributed by atoms with Gasteiger partial charge in [0.25, 0.3) is 0 Å². The summed E-state index contributed by atoms with van der Waals surface area (Å²) < 4.78 is 0. The zero-order chi connectivity index (χ0) is 8.97. The fraction of sp³-hybridized carbons (Fsp3) is 1.00. The van der Waals surface area contributed by atoms with Gasteiger partial charge >= 0.3 is 0 Å². The lowest BCUT2D eigenvalue weighted by Crippen LogP contribution is -2.48. The van der Waals surface area contributed by atoms with Gasteiger partial charge in [0.15, 0.2) is 0 Å². The monoisotopic (exact) mass is 213 g/mol. The van der Waals surface area contributed by atoms with Crippen molar-refractivity contribution in [2.75, 3.05) is 0 Å². The molecular weight excluding hydrogens is 198 g/mol. The van der Waals surface area contributed by atoms with Crippen molar-refractivity contribution in [3.8, 4) is 0 Å². The molecule has 0 heterocycles. The molecule has 0 radical (unpaired) electrons. The second kappa shape index (κ2) is 6.50. The van der Waals surface area contributed by atoms with Gasteiger partial charge in [-0.05, 0) is 19.3 Å². The largest absolute Gasteiger partial charge is 0.317 e. The smallest absolute Gasteiger partial charge is 0.0351 e. The topological polar surface area (TPSA) is 96.8 Å². The first-order valence-corrected chi connectivity index (χ1v) is 3.99. The maximum absolute atomic E-state index is 8.65. The lowest BCUT2D eigenvalue weighted by molar-refractivity contribution is 0.0209. The van der Waals surface area contributed by atoms with Crippen LogP contribution in [-0.2, 0) is 0 Å². The Morgan fingerprint density at radius 1 is 0.692 bits per heavy atom. The minimum atomic E-state index is -0.0898. The average molecular weight is 214 g/mol. The summed E-state index contributed by atoms with van der Waals surface area (Å²) in [6, 6.07) is -0.269. The summed E-state index contributed by atoms with van der Waals surface area (Å²) in [5.74, 6) is 0. The molecule has 1 rings (SSSR count). The third-order valence-corrected chi connectivity index (χ3v) is 2.25. The van der Waals surface area contributed by atoms with E-state index in [0.29, 0.717) is 19.3 Å². The highest BCUT2D eigenvalue weighted by molar-refractivity contribution is 5.85. The Morgan fingerprint density at radius 3 is 1.08 bits per heavy atom. The van der Waals surface area contributed by atoms with Crippen LogP contribution in [0.25, 0.3) is 0 Å². The summed E-state index contributed by atoms with van der Waals surface area (Å²) in [6.07, 6.45) is 1.93. The molecule has 0 saturated heterocycles. The third kappa shape index (κ3) is 3.74. The molecule has 0 aromatic rings. The van der Waals surface area contributed by atoms with Crippen LogP contribution in [0.15, 0.2) is 0 Å². The van der Waals surface area contributed by atoms with E-state index in [1.54, 1.807) is 0 Å². The van der Waals surface area contributed by atoms with Gasteiger partial charge in [-0.1, -0.05) is 0 Å². The van der Waals surface area contributed by atoms with E-state index in [0.717, 1.165) is 0 Å². The number of hydroxylamine groups is 3. The van der Waals surface area contributed by atoms with Crippen molar-refractivity contribution in [1.82, 2.24) is 16.4 Å². The van der Waals surface area contributed by atoms with Crippen molar-refractivity contribution in [3.05, 3.63) is 0 Å². The van der Waals surface area contributed by atoms with Crippen LogP contribution in [0, 0.1) is 0 Å². The van der Waals surface area contributed by atoms with Gasteiger partial charge in [0.2, 0.25) is 0 Å². The summed E-state index contributed by atoms with van der Waals surface area (Å²) in [4.78, 5) is 0. The molecular formula is C6H16ClN3O3. The average Bonchev–Trinajstić information content (AvgIpc) is 2.16. The molecule has 13 heavy (non-hydrogen) atoms. The molecule has 1 aliphatic carbocycles. The van der Waals surface area contributed by atoms with Crippen molar-refractivity contribution in [1.29, 1.82) is 0 Å². The van der Waals surface area contributed by atoms with Crippen LogP contribution in [0.5, 0.6) is 0 Å². The van der Waals surface area contributed by atoms with Crippen molar-refractivity contribution >= 4 is 12.4 Å². The maximum Gasteiger partial charge on any atom is 0.0351 e. The predicted molar refractivity (Wildman–Crippen MR) is 47.2 cm³/mol. The van der Waals surface area contributed by atoms with Gasteiger partial charge in [0.05, 0.1) is 0 Å². The van der Waals surface area contributed by atoms with E-state index in [-0.39, 0.29) is 30.5 Å². The highest BCUT2D eigenvalue weighted by Gasteiger charge is 2.27. The first-order valence-electron chi connectivity index (χ1n) is 3.99. The quantitative estimate of drug-likeness (QED) is 0.358. The standard InChI is InChI=1S/C6H15N3O3.ClH/c10-7-4-1-5(8-11)3-6(2-4)9-12;/h4-12H,1-3H2;1H. The molecule has 0 unspecified atom stereocenters. The first kappa shape index (κ1) is 13.1. The van der Waals surface area contributed by atoms with Crippen LogP contribution in [-0.4, -0.2) is 33.7 Å². The molecule has 7 heteroatoms. The maximum atomic E-state index is 8.65. The van der Waals surface area contributed by atoms with Gasteiger partial charge in [0, 0.05) is 18.1 Å². The number of nitrogens with one attached hydrogen (secondary N) is 3. The minimum Gasteiger partial charge on any atom is -0.317 e. The van der Waals surface area contributed by atoms with E-state index in [4.69, 9.17) is 15.6 Å². The zero-order valence-electron chi connectivity index (χ0n) is 7.10. The molecule has 0 aromatic heterocycles. The zero-order valence-corrected chi connectivity index (χ0v) is 7.92. The van der Waals surface area contributed by atoms with Gasteiger partial charge in [-0.25, -0.2) is 16.4 Å². The molecule has 0 spiro atoms. The molecule has 0 aliphatic heterocycles. The predicted octanol–water partition coefficient (Wildman–Crippen LogP) is -0.366. The van der Waals surface area contributed by atoms with E-state index in [1.165, 1.54) is 0 Å². The molecule has 6 N–H and O–H groups in total. The van der Waals surface area contributed by atoms with Crippen LogP contribution in [0.3, 0.4) is 0 Å². The number of hydrogen-bond donors (Lipinski definition) is 6. The van der Waals surface area contributed by atoms with Gasteiger partial charge in [-0.3, -0.25) is 0 Å². The highest BCUT2D eigenvalue weighted by Crippen LogP contribution is 2.18. The second-order valence-corrected chi connectivity index (χ2v) is 3.19. The molecule has 1 saturated carbocycles. The van der Waals surface area contributed by atoms with Crippen LogP contribution < -0.4 is 16.4 Å². The van der Waals surface area contributed by atoms with Crippen molar-refractivity contribution in [3.63, 3.8) is 0 Å². The molecule has 0 aromatic carbocycles. The number of hydrogen-bond acceptors (Lipinski definition) is 6. The van der Waals surface area contributed by atoms with Crippen molar-refractivity contribution in [2.45, 2.75) is 37.4 Å². The molecule has 0 amide bonds. The molecule has 0 atom stereocenters. The normalized spacial score (nSPS) is 33.9. The fourth-order valence-electron chi connectivity index (χ4n) is 1.64. The Bertz CT molecular complexity index is 111. The summed E-state index contributed by atoms with van der Waals surface area (Å²) in [7, 11) is 0. The number of rotatable bonds is 3. The molecule has 1 fully saturated rings. The van der Waals surface area contributed by atoms with Gasteiger partial charge in [0.1, 0.15) is 0 Å². The Morgan fingerprint density at radius 2 is 0.923 bits per heavy atom. The first-order chi connectivity index (χ1) is 5.80. The van der Waals surface area contributed by atoms with Gasteiger partial charge in [-0.15, -0.1) is 12.4 Å². The number of halogens is 1. The summed E-state index contributed by atoms with van der Waals surface area (Å²) in [5.41, 5.74) is 6.39. The second-order valence-electron chi connectivity index (χ2n) is 3.19. The lowest BCUT2D eigenvalue weighted by Gasteiger charge is -2.32. The summed E-state index contributed by atoms with van der Waals surface area (Å²) in [5, 5.41) is 25.9. The van der Waals surface area contributed by atoms with Gasteiger partial charge in [-0.2, -0.15) is 0 Å². The molecule has 1 aliphatic rings. The van der Waals surface area contributed by atoms with E-state index in [2.05, 4.69) is 16.4 Å². The van der Waals surface area contributed by atoms with E-state index in [9.17, 15) is 0 Å². The van der Waals surface area contributed by atoms with Gasteiger partial charge < -0.3 is 15.6 Å². The van der Waals surface area contributed by atoms with Crippen LogP contribution in [0.1, 0.15) is 19.3 Å². The lowest BCUT2D eigenvalue weighted by atomic mass is 9.88. The summed E-state index contributed by atoms with van der Waals surface area (Å²) >= 11 is 0. The highest BCUT2D eigenvalue weighted by atomic mass is 35.5. The Balaban J connectivity index is 0.00000144. The van der Waals surface area contributed by atoms with E-state index in [1.807, 2.05) is 0 Å². The SMILES string of the molecule is Cl.ONC1CC(NO)CC(NO)C1.